The van der Waals surface area contributed by atoms with Crippen LogP contribution in [0.2, 0.25) is 10.3 Å². The molecule has 4 heterocycles. The van der Waals surface area contributed by atoms with E-state index in [1.54, 1.807) is 6.20 Å². The van der Waals surface area contributed by atoms with Crippen molar-refractivity contribution < 1.29 is 4.79 Å². The zero-order valence-corrected chi connectivity index (χ0v) is 17.1. The fourth-order valence-electron chi connectivity index (χ4n) is 3.59. The van der Waals surface area contributed by atoms with Gasteiger partial charge in [0, 0.05) is 19.3 Å². The fraction of sp³-hybridized carbons (Fsp3) is 0.368. The Hall–Kier alpha value is -2.38. The molecule has 3 aromatic heterocycles. The Morgan fingerprint density at radius 3 is 2.89 bits per heavy atom. The van der Waals surface area contributed by atoms with Crippen molar-refractivity contribution in [2.24, 2.45) is 5.92 Å². The van der Waals surface area contributed by atoms with Gasteiger partial charge in [-0.15, -0.1) is 0 Å². The molecule has 0 radical (unpaired) electrons. The van der Waals surface area contributed by atoms with Crippen LogP contribution in [-0.4, -0.2) is 38.3 Å². The molecule has 0 spiro atoms. The smallest absolute Gasteiger partial charge is 0.225 e. The van der Waals surface area contributed by atoms with Crippen LogP contribution in [0.15, 0.2) is 36.8 Å². The maximum Gasteiger partial charge on any atom is 0.225 e. The highest BCUT2D eigenvalue weighted by atomic mass is 35.5. The van der Waals surface area contributed by atoms with Crippen molar-refractivity contribution in [1.29, 1.82) is 0 Å². The molecule has 1 amide bonds. The van der Waals surface area contributed by atoms with E-state index in [-0.39, 0.29) is 17.1 Å². The first-order valence-corrected chi connectivity index (χ1v) is 9.78. The summed E-state index contributed by atoms with van der Waals surface area (Å²) in [6, 6.07) is 5.82. The Balaban J connectivity index is 1.49. The third-order valence-electron chi connectivity index (χ3n) is 5.05. The highest BCUT2D eigenvalue weighted by Crippen LogP contribution is 2.30. The molecule has 1 saturated heterocycles. The second-order valence-electron chi connectivity index (χ2n) is 7.43. The average Bonchev–Trinajstić information content (AvgIpc) is 3.30. The van der Waals surface area contributed by atoms with E-state index in [1.807, 2.05) is 47.5 Å². The quantitative estimate of drug-likeness (QED) is 0.657. The van der Waals surface area contributed by atoms with Crippen LogP contribution in [-0.2, 0) is 10.3 Å². The first kappa shape index (κ1) is 19.0. The van der Waals surface area contributed by atoms with Crippen LogP contribution in [0, 0.1) is 5.92 Å². The van der Waals surface area contributed by atoms with E-state index in [1.165, 1.54) is 6.20 Å². The Labute approximate surface area is 172 Å². The van der Waals surface area contributed by atoms with Gasteiger partial charge in [0.25, 0.3) is 0 Å². The molecule has 28 heavy (non-hydrogen) atoms. The Morgan fingerprint density at radius 2 is 2.07 bits per heavy atom. The summed E-state index contributed by atoms with van der Waals surface area (Å²) in [5.41, 5.74) is 1.21. The molecule has 9 heteroatoms. The highest BCUT2D eigenvalue weighted by molar-refractivity contribution is 6.33. The lowest BCUT2D eigenvalue weighted by Gasteiger charge is -2.27. The number of halogens is 2. The van der Waals surface area contributed by atoms with E-state index in [0.717, 1.165) is 11.3 Å². The molecule has 1 unspecified atom stereocenters. The molecule has 0 saturated carbocycles. The van der Waals surface area contributed by atoms with Gasteiger partial charge in [-0.05, 0) is 44.0 Å². The van der Waals surface area contributed by atoms with Crippen molar-refractivity contribution >= 4 is 40.6 Å². The molecule has 7 nitrogen and oxygen atoms in total. The number of aromatic nitrogens is 4. The van der Waals surface area contributed by atoms with Crippen molar-refractivity contribution in [2.75, 3.05) is 18.0 Å². The van der Waals surface area contributed by atoms with Crippen molar-refractivity contribution in [3.8, 4) is 0 Å². The number of anilines is 1. The molecule has 0 bridgehead atoms. The van der Waals surface area contributed by atoms with Crippen molar-refractivity contribution in [3.63, 3.8) is 0 Å². The first-order chi connectivity index (χ1) is 13.3. The molecule has 1 fully saturated rings. The summed E-state index contributed by atoms with van der Waals surface area (Å²) in [5, 5.41) is 3.74. The molecule has 0 aromatic carbocycles. The number of carbonyl (C=O) groups excluding carboxylic acids is 1. The predicted molar refractivity (Wildman–Crippen MR) is 109 cm³/mol. The van der Waals surface area contributed by atoms with Crippen LogP contribution in [0.3, 0.4) is 0 Å². The van der Waals surface area contributed by atoms with E-state index < -0.39 is 5.54 Å². The maximum atomic E-state index is 13.0. The average molecular weight is 419 g/mol. The molecular formula is C19H20Cl2N6O. The summed E-state index contributed by atoms with van der Waals surface area (Å²) >= 11 is 12.1. The molecule has 3 aromatic rings. The molecular weight excluding hydrogens is 399 g/mol. The number of carbonyl (C=O) groups is 1. The van der Waals surface area contributed by atoms with Crippen molar-refractivity contribution in [1.82, 2.24) is 24.7 Å². The predicted octanol–water partition coefficient (Wildman–Crippen LogP) is 3.31. The number of hydrogen-bond acceptors (Lipinski definition) is 5. The van der Waals surface area contributed by atoms with Crippen molar-refractivity contribution in [2.45, 2.75) is 25.8 Å². The summed E-state index contributed by atoms with van der Waals surface area (Å²) in [6.07, 6.45) is 5.95. The summed E-state index contributed by atoms with van der Waals surface area (Å²) in [5.74, 6) is 0.399. The maximum absolute atomic E-state index is 13.0. The van der Waals surface area contributed by atoms with Gasteiger partial charge >= 0.3 is 0 Å². The Bertz CT molecular complexity index is 1030. The monoisotopic (exact) mass is 418 g/mol. The molecule has 1 aliphatic heterocycles. The summed E-state index contributed by atoms with van der Waals surface area (Å²) in [4.78, 5) is 27.4. The topological polar surface area (TPSA) is 75.4 Å². The zero-order valence-electron chi connectivity index (χ0n) is 15.6. The summed E-state index contributed by atoms with van der Waals surface area (Å²) in [6.45, 7) is 5.17. The number of pyridine rings is 1. The van der Waals surface area contributed by atoms with Gasteiger partial charge in [-0.25, -0.2) is 9.97 Å². The second-order valence-corrected chi connectivity index (χ2v) is 8.17. The van der Waals surface area contributed by atoms with Crippen LogP contribution in [0.1, 0.15) is 26.0 Å². The Morgan fingerprint density at radius 1 is 1.25 bits per heavy atom. The Kier molecular flexibility index (Phi) is 4.89. The van der Waals surface area contributed by atoms with E-state index in [4.69, 9.17) is 23.2 Å². The minimum absolute atomic E-state index is 0.00495. The van der Waals surface area contributed by atoms with E-state index >= 15 is 0 Å². The third-order valence-corrected chi connectivity index (χ3v) is 5.50. The minimum Gasteiger partial charge on any atom is -0.354 e. The normalized spacial score (nSPS) is 17.3. The second kappa shape index (κ2) is 7.22. The number of amides is 1. The number of rotatable bonds is 4. The number of nitrogens with one attached hydrogen (secondary N) is 1. The standard InChI is InChI=1S/C19H20Cl2N6O/c1-19(2,14-10-22-15-5-3-4-7-27(14)15)25-17(28)12-6-8-26(11-12)16-13(20)9-23-18(21)24-16/h3-5,7,9-10,12H,6,8,11H2,1-2H3,(H,25,28). The van der Waals surface area contributed by atoms with Crippen LogP contribution >= 0.6 is 23.2 Å². The minimum atomic E-state index is -0.568. The van der Waals surface area contributed by atoms with Gasteiger partial charge in [-0.3, -0.25) is 4.79 Å². The largest absolute Gasteiger partial charge is 0.354 e. The van der Waals surface area contributed by atoms with Gasteiger partial charge in [0.1, 0.15) is 10.7 Å². The molecule has 4 rings (SSSR count). The van der Waals surface area contributed by atoms with Crippen LogP contribution in [0.25, 0.3) is 5.65 Å². The van der Waals surface area contributed by atoms with Gasteiger partial charge in [0.05, 0.1) is 29.5 Å². The van der Waals surface area contributed by atoms with Gasteiger partial charge in [0.2, 0.25) is 11.2 Å². The summed E-state index contributed by atoms with van der Waals surface area (Å²) in [7, 11) is 0. The van der Waals surface area contributed by atoms with E-state index in [0.29, 0.717) is 30.4 Å². The van der Waals surface area contributed by atoms with Gasteiger partial charge in [-0.2, -0.15) is 4.98 Å². The molecule has 0 aliphatic carbocycles. The number of imidazole rings is 1. The number of fused-ring (bicyclic) bond motifs is 1. The van der Waals surface area contributed by atoms with Crippen LogP contribution < -0.4 is 10.2 Å². The number of hydrogen-bond donors (Lipinski definition) is 1. The lowest BCUT2D eigenvalue weighted by atomic mass is 9.98. The molecule has 1 N–H and O–H groups in total. The van der Waals surface area contributed by atoms with Gasteiger partial charge < -0.3 is 14.6 Å². The van der Waals surface area contributed by atoms with Crippen LogP contribution in [0.4, 0.5) is 5.82 Å². The van der Waals surface area contributed by atoms with Gasteiger partial charge in [0.15, 0.2) is 5.82 Å². The SMILES string of the molecule is CC(C)(NC(=O)C1CCN(c2nc(Cl)ncc2Cl)C1)c1cnc2ccccn12. The van der Waals surface area contributed by atoms with E-state index in [2.05, 4.69) is 20.3 Å². The number of nitrogens with zero attached hydrogens (tertiary/aromatic N) is 5. The van der Waals surface area contributed by atoms with Crippen molar-refractivity contribution in [3.05, 3.63) is 52.8 Å². The molecule has 1 aliphatic rings. The fourth-order valence-corrected chi connectivity index (χ4v) is 3.93. The lowest BCUT2D eigenvalue weighted by Crippen LogP contribution is -2.45. The first-order valence-electron chi connectivity index (χ1n) is 9.03. The summed E-state index contributed by atoms with van der Waals surface area (Å²) < 4.78 is 1.99. The third kappa shape index (κ3) is 3.52. The van der Waals surface area contributed by atoms with E-state index in [9.17, 15) is 4.79 Å². The zero-order chi connectivity index (χ0) is 19.9. The highest BCUT2D eigenvalue weighted by Gasteiger charge is 2.34. The molecule has 146 valence electrons. The van der Waals surface area contributed by atoms with Crippen LogP contribution in [0.5, 0.6) is 0 Å². The van der Waals surface area contributed by atoms with Gasteiger partial charge in [-0.1, -0.05) is 17.7 Å². The lowest BCUT2D eigenvalue weighted by molar-refractivity contribution is -0.126. The molecule has 1 atom stereocenters.